The van der Waals surface area contributed by atoms with Crippen molar-refractivity contribution in [2.45, 2.75) is 26.1 Å². The van der Waals surface area contributed by atoms with Crippen molar-refractivity contribution in [1.82, 2.24) is 4.90 Å². The van der Waals surface area contributed by atoms with Crippen molar-refractivity contribution in [1.29, 1.82) is 0 Å². The molecule has 0 unspecified atom stereocenters. The fraction of sp³-hybridized carbons (Fsp3) is 0.353. The van der Waals surface area contributed by atoms with Crippen molar-refractivity contribution in [3.05, 3.63) is 52.2 Å². The molecule has 22 heavy (non-hydrogen) atoms. The molecule has 5 heteroatoms. The van der Waals surface area contributed by atoms with Gasteiger partial charge in [-0.05, 0) is 43.5 Å². The topological polar surface area (TPSA) is 49.8 Å². The Hall–Kier alpha value is -1.85. The number of hydrogen-bond acceptors (Lipinski definition) is 4. The third-order valence-corrected chi connectivity index (χ3v) is 3.86. The Morgan fingerprint density at radius 2 is 2.09 bits per heavy atom. The quantitative estimate of drug-likeness (QED) is 0.890. The smallest absolute Gasteiger partial charge is 0.253 e. The Kier molecular flexibility index (Phi) is 5.21. The summed E-state index contributed by atoms with van der Waals surface area (Å²) in [5.74, 6) is 0.527. The maximum Gasteiger partial charge on any atom is 0.253 e. The van der Waals surface area contributed by atoms with Crippen molar-refractivity contribution < 1.29 is 14.6 Å². The minimum Gasteiger partial charge on any atom is -0.488 e. The maximum atomic E-state index is 12.4. The first kappa shape index (κ1) is 16.5. The number of carbonyl (C=O) groups excluding carboxylic acids is 1. The largest absolute Gasteiger partial charge is 0.488 e. The van der Waals surface area contributed by atoms with E-state index in [0.717, 1.165) is 4.88 Å². The van der Waals surface area contributed by atoms with Gasteiger partial charge in [0.2, 0.25) is 0 Å². The van der Waals surface area contributed by atoms with Crippen LogP contribution in [0.25, 0.3) is 0 Å². The van der Waals surface area contributed by atoms with Gasteiger partial charge in [0.1, 0.15) is 12.4 Å². The van der Waals surface area contributed by atoms with Crippen LogP contribution in [0.5, 0.6) is 5.75 Å². The van der Waals surface area contributed by atoms with E-state index in [0.29, 0.717) is 17.9 Å². The molecule has 1 aromatic heterocycles. The van der Waals surface area contributed by atoms with Crippen molar-refractivity contribution in [3.8, 4) is 5.75 Å². The number of rotatable bonds is 6. The highest BCUT2D eigenvalue weighted by Crippen LogP contribution is 2.18. The average Bonchev–Trinajstić information content (AvgIpc) is 2.96. The number of aliphatic hydroxyl groups is 1. The van der Waals surface area contributed by atoms with E-state index in [2.05, 4.69) is 0 Å². The zero-order valence-electron chi connectivity index (χ0n) is 13.1. The van der Waals surface area contributed by atoms with E-state index < -0.39 is 5.60 Å². The Morgan fingerprint density at radius 3 is 2.73 bits per heavy atom. The Morgan fingerprint density at radius 1 is 1.32 bits per heavy atom. The van der Waals surface area contributed by atoms with E-state index in [4.69, 9.17) is 4.74 Å². The lowest BCUT2D eigenvalue weighted by molar-refractivity contribution is 0.0367. The van der Waals surface area contributed by atoms with Crippen LogP contribution in [0.4, 0.5) is 0 Å². The van der Waals surface area contributed by atoms with Gasteiger partial charge >= 0.3 is 0 Å². The summed E-state index contributed by atoms with van der Waals surface area (Å²) in [6.07, 6.45) is 0. The maximum absolute atomic E-state index is 12.4. The lowest BCUT2D eigenvalue weighted by Crippen LogP contribution is -2.39. The summed E-state index contributed by atoms with van der Waals surface area (Å²) < 4.78 is 5.71. The summed E-state index contributed by atoms with van der Waals surface area (Å²) in [4.78, 5) is 15.0. The molecule has 1 N–H and O–H groups in total. The van der Waals surface area contributed by atoms with Gasteiger partial charge in [-0.3, -0.25) is 4.79 Å². The van der Waals surface area contributed by atoms with Gasteiger partial charge in [0.15, 0.2) is 0 Å². The van der Waals surface area contributed by atoms with Crippen molar-refractivity contribution in [2.75, 3.05) is 13.6 Å². The standard InChI is InChI=1S/C17H21NO3S/c1-17(2,20)12-18(3)16(19)13-6-4-7-14(10-13)21-11-15-8-5-9-22-15/h4-10,20H,11-12H2,1-3H3. The van der Waals surface area contributed by atoms with E-state index in [1.54, 1.807) is 50.4 Å². The molecule has 0 bridgehead atoms. The van der Waals surface area contributed by atoms with Gasteiger partial charge in [-0.25, -0.2) is 0 Å². The predicted molar refractivity (Wildman–Crippen MR) is 88.4 cm³/mol. The molecule has 2 aromatic rings. The SMILES string of the molecule is CN(CC(C)(C)O)C(=O)c1cccc(OCc2cccs2)c1. The fourth-order valence-electron chi connectivity index (χ4n) is 2.14. The van der Waals surface area contributed by atoms with Gasteiger partial charge in [-0.2, -0.15) is 0 Å². The highest BCUT2D eigenvalue weighted by molar-refractivity contribution is 7.09. The lowest BCUT2D eigenvalue weighted by atomic mass is 10.1. The third kappa shape index (κ3) is 4.86. The number of amides is 1. The summed E-state index contributed by atoms with van der Waals surface area (Å²) in [7, 11) is 1.68. The van der Waals surface area contributed by atoms with Gasteiger partial charge in [0.25, 0.3) is 5.91 Å². The number of likely N-dealkylation sites (N-methyl/N-ethyl adjacent to an activating group) is 1. The number of hydrogen-bond donors (Lipinski definition) is 1. The summed E-state index contributed by atoms with van der Waals surface area (Å²) in [6.45, 7) is 4.12. The molecule has 4 nitrogen and oxygen atoms in total. The minimum atomic E-state index is -0.919. The van der Waals surface area contributed by atoms with Crippen LogP contribution in [0.2, 0.25) is 0 Å². The average molecular weight is 319 g/mol. The second kappa shape index (κ2) is 6.94. The number of carbonyl (C=O) groups is 1. The van der Waals surface area contributed by atoms with Crippen LogP contribution in [0.1, 0.15) is 29.1 Å². The van der Waals surface area contributed by atoms with E-state index >= 15 is 0 Å². The lowest BCUT2D eigenvalue weighted by Gasteiger charge is -2.25. The van der Waals surface area contributed by atoms with E-state index in [-0.39, 0.29) is 12.5 Å². The fourth-order valence-corrected chi connectivity index (χ4v) is 2.76. The molecule has 0 aliphatic heterocycles. The summed E-state index contributed by atoms with van der Waals surface area (Å²) in [5, 5.41) is 11.8. The molecule has 0 saturated heterocycles. The minimum absolute atomic E-state index is 0.135. The van der Waals surface area contributed by atoms with E-state index in [1.807, 2.05) is 23.6 Å². The van der Waals surface area contributed by atoms with Gasteiger partial charge in [0.05, 0.1) is 5.60 Å². The van der Waals surface area contributed by atoms with Crippen LogP contribution in [-0.2, 0) is 6.61 Å². The van der Waals surface area contributed by atoms with Crippen molar-refractivity contribution in [2.24, 2.45) is 0 Å². The molecule has 0 saturated carbocycles. The molecule has 0 spiro atoms. The first-order valence-electron chi connectivity index (χ1n) is 7.08. The highest BCUT2D eigenvalue weighted by Gasteiger charge is 2.20. The molecular formula is C17H21NO3S. The molecule has 118 valence electrons. The highest BCUT2D eigenvalue weighted by atomic mass is 32.1. The van der Waals surface area contributed by atoms with Crippen molar-refractivity contribution in [3.63, 3.8) is 0 Å². The summed E-state index contributed by atoms with van der Waals surface area (Å²) >= 11 is 1.64. The number of ether oxygens (including phenoxy) is 1. The zero-order valence-corrected chi connectivity index (χ0v) is 13.9. The van der Waals surface area contributed by atoms with Gasteiger partial charge in [0, 0.05) is 24.0 Å². The Bertz CT molecular complexity index is 617. The number of thiophene rings is 1. The molecule has 2 rings (SSSR count). The molecule has 0 aliphatic rings. The first-order chi connectivity index (χ1) is 10.3. The molecule has 1 amide bonds. The van der Waals surface area contributed by atoms with Crippen LogP contribution in [-0.4, -0.2) is 35.1 Å². The summed E-state index contributed by atoms with van der Waals surface area (Å²) in [5.41, 5.74) is -0.368. The molecule has 0 fully saturated rings. The van der Waals surface area contributed by atoms with Crippen molar-refractivity contribution >= 4 is 17.2 Å². The third-order valence-electron chi connectivity index (χ3n) is 3.01. The molecule has 1 aromatic carbocycles. The van der Waals surface area contributed by atoms with E-state index in [9.17, 15) is 9.90 Å². The predicted octanol–water partition coefficient (Wildman–Crippen LogP) is 3.17. The number of nitrogens with zero attached hydrogens (tertiary/aromatic N) is 1. The monoisotopic (exact) mass is 319 g/mol. The first-order valence-corrected chi connectivity index (χ1v) is 7.96. The molecule has 0 aliphatic carbocycles. The summed E-state index contributed by atoms with van der Waals surface area (Å²) in [6, 6.07) is 11.1. The number of benzene rings is 1. The van der Waals surface area contributed by atoms with Crippen LogP contribution in [0.3, 0.4) is 0 Å². The van der Waals surface area contributed by atoms with Crippen LogP contribution in [0.15, 0.2) is 41.8 Å². The second-order valence-electron chi connectivity index (χ2n) is 5.87. The molecule has 0 atom stereocenters. The molecule has 1 heterocycles. The Labute approximate surface area is 135 Å². The van der Waals surface area contributed by atoms with Crippen LogP contribution >= 0.6 is 11.3 Å². The van der Waals surface area contributed by atoms with Gasteiger partial charge in [-0.15, -0.1) is 11.3 Å². The molecule has 0 radical (unpaired) electrons. The van der Waals surface area contributed by atoms with Crippen LogP contribution in [0, 0.1) is 0 Å². The van der Waals surface area contributed by atoms with Crippen LogP contribution < -0.4 is 4.74 Å². The molecular weight excluding hydrogens is 298 g/mol. The zero-order chi connectivity index (χ0) is 16.2. The Balaban J connectivity index is 2.02. The van der Waals surface area contributed by atoms with Gasteiger partial charge < -0.3 is 14.7 Å². The normalized spacial score (nSPS) is 11.3. The van der Waals surface area contributed by atoms with E-state index in [1.165, 1.54) is 4.90 Å². The second-order valence-corrected chi connectivity index (χ2v) is 6.90. The van der Waals surface area contributed by atoms with Gasteiger partial charge in [-0.1, -0.05) is 12.1 Å².